The number of carbonyl (C=O) groups is 1. The molecule has 0 heterocycles. The summed E-state index contributed by atoms with van der Waals surface area (Å²) in [4.78, 5) is 13.1. The Balaban J connectivity index is 3.07. The van der Waals surface area contributed by atoms with Gasteiger partial charge in [0, 0.05) is 14.1 Å². The summed E-state index contributed by atoms with van der Waals surface area (Å²) in [7, 11) is -0.280. The minimum Gasteiger partial charge on any atom is -0.347 e. The van der Waals surface area contributed by atoms with Crippen LogP contribution in [0, 0.1) is 0 Å². The predicted octanol–water partition coefficient (Wildman–Crippen LogP) is 1.10. The minimum atomic E-state index is -3.48. The van der Waals surface area contributed by atoms with Gasteiger partial charge in [0.05, 0.1) is 11.9 Å². The lowest BCUT2D eigenvalue weighted by atomic mass is 10.1. The third kappa shape index (κ3) is 4.24. The highest BCUT2D eigenvalue weighted by atomic mass is 32.2. The van der Waals surface area contributed by atoms with Crippen LogP contribution in [0.15, 0.2) is 24.3 Å². The first-order valence-corrected chi connectivity index (χ1v) is 7.87. The maximum Gasteiger partial charge on any atom is 0.242 e. The second-order valence-electron chi connectivity index (χ2n) is 4.58. The lowest BCUT2D eigenvalue weighted by molar-refractivity contribution is -0.127. The predicted molar refractivity (Wildman–Crippen MR) is 76.7 cm³/mol. The van der Waals surface area contributed by atoms with Crippen molar-refractivity contribution in [2.45, 2.75) is 13.3 Å². The van der Waals surface area contributed by atoms with Crippen LogP contribution in [0.5, 0.6) is 0 Å². The van der Waals surface area contributed by atoms with Gasteiger partial charge >= 0.3 is 0 Å². The molecule has 0 spiro atoms. The van der Waals surface area contributed by atoms with Gasteiger partial charge in [0.2, 0.25) is 15.9 Å². The van der Waals surface area contributed by atoms with Crippen molar-refractivity contribution in [2.24, 2.45) is 0 Å². The SMILES string of the molecule is CCc1ccc(N(CC(=O)N(C)C)S(C)(=O)=O)cc1. The molecule has 0 radical (unpaired) electrons. The standard InChI is InChI=1S/C13H20N2O3S/c1-5-11-6-8-12(9-7-11)15(19(4,17)18)10-13(16)14(2)3/h6-9H,5,10H2,1-4H3. The van der Waals surface area contributed by atoms with Gasteiger partial charge in [0.1, 0.15) is 6.54 Å². The zero-order valence-corrected chi connectivity index (χ0v) is 12.6. The van der Waals surface area contributed by atoms with Gasteiger partial charge in [-0.05, 0) is 24.1 Å². The second-order valence-corrected chi connectivity index (χ2v) is 6.48. The Bertz CT molecular complexity index is 536. The summed E-state index contributed by atoms with van der Waals surface area (Å²) < 4.78 is 24.7. The molecule has 1 aromatic rings. The first-order chi connectivity index (χ1) is 8.75. The summed E-state index contributed by atoms with van der Waals surface area (Å²) in [5.41, 5.74) is 1.63. The van der Waals surface area contributed by atoms with Crippen LogP contribution in [0.2, 0.25) is 0 Å². The molecule has 0 saturated carbocycles. The highest BCUT2D eigenvalue weighted by Crippen LogP contribution is 2.18. The van der Waals surface area contributed by atoms with Crippen LogP contribution in [-0.2, 0) is 21.2 Å². The van der Waals surface area contributed by atoms with Gasteiger partial charge in [0.15, 0.2) is 0 Å². The molecule has 1 aromatic carbocycles. The molecule has 1 amide bonds. The van der Waals surface area contributed by atoms with E-state index in [1.807, 2.05) is 19.1 Å². The van der Waals surface area contributed by atoms with E-state index in [0.29, 0.717) is 5.69 Å². The third-order valence-electron chi connectivity index (χ3n) is 2.81. The van der Waals surface area contributed by atoms with Crippen LogP contribution < -0.4 is 4.31 Å². The van der Waals surface area contributed by atoms with Crippen LogP contribution >= 0.6 is 0 Å². The summed E-state index contributed by atoms with van der Waals surface area (Å²) >= 11 is 0. The van der Waals surface area contributed by atoms with E-state index in [1.54, 1.807) is 26.2 Å². The Kier molecular flexibility index (Phi) is 4.94. The maximum atomic E-state index is 11.8. The Morgan fingerprint density at radius 1 is 1.16 bits per heavy atom. The molecule has 0 saturated heterocycles. The van der Waals surface area contributed by atoms with Gasteiger partial charge in [-0.15, -0.1) is 0 Å². The number of carbonyl (C=O) groups excluding carboxylic acids is 1. The van der Waals surface area contributed by atoms with Crippen molar-refractivity contribution in [1.82, 2.24) is 4.90 Å². The molecule has 0 aliphatic heterocycles. The monoisotopic (exact) mass is 284 g/mol. The Morgan fingerprint density at radius 2 is 1.68 bits per heavy atom. The van der Waals surface area contributed by atoms with Crippen LogP contribution in [-0.4, -0.2) is 46.1 Å². The molecule has 0 aromatic heterocycles. The van der Waals surface area contributed by atoms with E-state index < -0.39 is 10.0 Å². The number of benzene rings is 1. The number of rotatable bonds is 5. The molecule has 0 unspecified atom stereocenters. The normalized spacial score (nSPS) is 11.2. The molecule has 0 bridgehead atoms. The molecule has 1 rings (SSSR count). The first kappa shape index (κ1) is 15.5. The van der Waals surface area contributed by atoms with Gasteiger partial charge in [-0.3, -0.25) is 9.10 Å². The van der Waals surface area contributed by atoms with Gasteiger partial charge in [-0.2, -0.15) is 0 Å². The fourth-order valence-electron chi connectivity index (χ4n) is 1.56. The second kappa shape index (κ2) is 6.06. The molecule has 0 fully saturated rings. The number of aryl methyl sites for hydroxylation is 1. The van der Waals surface area contributed by atoms with Gasteiger partial charge in [-0.25, -0.2) is 8.42 Å². The number of hydrogen-bond acceptors (Lipinski definition) is 3. The van der Waals surface area contributed by atoms with Crippen molar-refractivity contribution in [3.63, 3.8) is 0 Å². The molecule has 106 valence electrons. The first-order valence-electron chi connectivity index (χ1n) is 6.02. The van der Waals surface area contributed by atoms with E-state index in [2.05, 4.69) is 0 Å². The lowest BCUT2D eigenvalue weighted by Crippen LogP contribution is -2.39. The molecular formula is C13H20N2O3S. The number of nitrogens with zero attached hydrogens (tertiary/aromatic N) is 2. The number of likely N-dealkylation sites (N-methyl/N-ethyl adjacent to an activating group) is 1. The minimum absolute atomic E-state index is 0.183. The molecule has 0 atom stereocenters. The molecule has 5 nitrogen and oxygen atoms in total. The van der Waals surface area contributed by atoms with Crippen molar-refractivity contribution in [3.8, 4) is 0 Å². The Hall–Kier alpha value is -1.56. The number of amides is 1. The molecule has 0 N–H and O–H groups in total. The molecule has 0 aliphatic rings. The van der Waals surface area contributed by atoms with Crippen molar-refractivity contribution in [3.05, 3.63) is 29.8 Å². The smallest absolute Gasteiger partial charge is 0.242 e. The lowest BCUT2D eigenvalue weighted by Gasteiger charge is -2.23. The number of hydrogen-bond donors (Lipinski definition) is 0. The maximum absolute atomic E-state index is 11.8. The zero-order chi connectivity index (χ0) is 14.6. The van der Waals surface area contributed by atoms with E-state index in [9.17, 15) is 13.2 Å². The highest BCUT2D eigenvalue weighted by Gasteiger charge is 2.21. The van der Waals surface area contributed by atoms with Crippen molar-refractivity contribution >= 4 is 21.6 Å². The third-order valence-corrected chi connectivity index (χ3v) is 3.95. The van der Waals surface area contributed by atoms with E-state index in [-0.39, 0.29) is 12.5 Å². The van der Waals surface area contributed by atoms with Crippen molar-refractivity contribution in [1.29, 1.82) is 0 Å². The zero-order valence-electron chi connectivity index (χ0n) is 11.8. The fourth-order valence-corrected chi connectivity index (χ4v) is 2.41. The van der Waals surface area contributed by atoms with E-state index in [4.69, 9.17) is 0 Å². The van der Waals surface area contributed by atoms with E-state index >= 15 is 0 Å². The van der Waals surface area contributed by atoms with Crippen LogP contribution in [0.3, 0.4) is 0 Å². The summed E-state index contributed by atoms with van der Waals surface area (Å²) in [6.45, 7) is 1.84. The van der Waals surface area contributed by atoms with E-state index in [1.165, 1.54) is 4.90 Å². The van der Waals surface area contributed by atoms with Gasteiger partial charge in [0.25, 0.3) is 0 Å². The fraction of sp³-hybridized carbons (Fsp3) is 0.462. The summed E-state index contributed by atoms with van der Waals surface area (Å²) in [6, 6.07) is 7.19. The van der Waals surface area contributed by atoms with Crippen LogP contribution in [0.1, 0.15) is 12.5 Å². The molecule has 19 heavy (non-hydrogen) atoms. The average molecular weight is 284 g/mol. The van der Waals surface area contributed by atoms with Crippen LogP contribution in [0.25, 0.3) is 0 Å². The summed E-state index contributed by atoms with van der Waals surface area (Å²) in [6.07, 6.45) is 1.99. The van der Waals surface area contributed by atoms with Gasteiger partial charge < -0.3 is 4.90 Å². The summed E-state index contributed by atoms with van der Waals surface area (Å²) in [5, 5.41) is 0. The Morgan fingerprint density at radius 3 is 2.05 bits per heavy atom. The topological polar surface area (TPSA) is 57.7 Å². The Labute approximate surface area is 114 Å². The van der Waals surface area contributed by atoms with Crippen LogP contribution in [0.4, 0.5) is 5.69 Å². The highest BCUT2D eigenvalue weighted by molar-refractivity contribution is 7.92. The molecule has 6 heteroatoms. The van der Waals surface area contributed by atoms with Gasteiger partial charge in [-0.1, -0.05) is 19.1 Å². The average Bonchev–Trinajstić information content (AvgIpc) is 2.34. The number of anilines is 1. The van der Waals surface area contributed by atoms with E-state index in [0.717, 1.165) is 22.5 Å². The summed E-state index contributed by atoms with van der Waals surface area (Å²) in [5.74, 6) is -0.259. The van der Waals surface area contributed by atoms with Crippen molar-refractivity contribution in [2.75, 3.05) is 31.2 Å². The number of sulfonamides is 1. The largest absolute Gasteiger partial charge is 0.347 e. The molecule has 0 aliphatic carbocycles. The van der Waals surface area contributed by atoms with Crippen molar-refractivity contribution < 1.29 is 13.2 Å². The molecular weight excluding hydrogens is 264 g/mol. The quantitative estimate of drug-likeness (QED) is 0.813.